The summed E-state index contributed by atoms with van der Waals surface area (Å²) in [5.41, 5.74) is 0. The van der Waals surface area contributed by atoms with Crippen molar-refractivity contribution in [3.8, 4) is 0 Å². The Balaban J connectivity index is 1.84. The van der Waals surface area contributed by atoms with Crippen LogP contribution in [0.3, 0.4) is 0 Å². The van der Waals surface area contributed by atoms with Crippen LogP contribution in [0.1, 0.15) is 0 Å². The Kier molecular flexibility index (Phi) is 0.660. The molecule has 0 saturated heterocycles. The number of aliphatic hydroxyl groups is 1. The third kappa shape index (κ3) is 0.255. The highest BCUT2D eigenvalue weighted by Crippen LogP contribution is 3.00. The fourth-order valence-electron chi connectivity index (χ4n) is 5.66. The summed E-state index contributed by atoms with van der Waals surface area (Å²) in [5.74, 6) is 4.89. The van der Waals surface area contributed by atoms with Crippen LogP contribution < -0.4 is 0 Å². The largest absolute Gasteiger partial charge is 0.391 e. The van der Waals surface area contributed by atoms with Crippen LogP contribution in [0.25, 0.3) is 0 Å². The third-order valence-corrected chi connectivity index (χ3v) is 8.86. The SMILES string of the molecule is O[C@@H]1C2[C@@H]3[C@@H]4C5[C@H]([C@H]2C53Br)C14Br. The van der Waals surface area contributed by atoms with E-state index in [1.54, 1.807) is 0 Å². The summed E-state index contributed by atoms with van der Waals surface area (Å²) >= 11 is 7.70. The van der Waals surface area contributed by atoms with Crippen molar-refractivity contribution >= 4 is 31.9 Å². The molecule has 2 bridgehead atoms. The van der Waals surface area contributed by atoms with E-state index in [2.05, 4.69) is 31.9 Å². The molecule has 6 aliphatic carbocycles. The Morgan fingerprint density at radius 2 is 1.33 bits per heavy atom. The van der Waals surface area contributed by atoms with Crippen LogP contribution >= 0.6 is 31.9 Å². The Hall–Kier alpha value is 0.920. The lowest BCUT2D eigenvalue weighted by molar-refractivity contribution is -0.337. The van der Waals surface area contributed by atoms with E-state index in [0.29, 0.717) is 10.2 Å². The van der Waals surface area contributed by atoms with Gasteiger partial charge in [0.15, 0.2) is 0 Å². The van der Waals surface area contributed by atoms with Crippen LogP contribution in [0.2, 0.25) is 0 Å². The van der Waals surface area contributed by atoms with Gasteiger partial charge in [-0.25, -0.2) is 0 Å². The van der Waals surface area contributed by atoms with Crippen LogP contribution in [0.4, 0.5) is 0 Å². The molecule has 12 heavy (non-hydrogen) atoms. The van der Waals surface area contributed by atoms with Crippen molar-refractivity contribution in [2.45, 2.75) is 14.8 Å². The first kappa shape index (κ1) is 6.41. The second-order valence-electron chi connectivity index (χ2n) is 5.31. The minimum absolute atomic E-state index is 0.0214. The number of halogens is 2. The summed E-state index contributed by atoms with van der Waals surface area (Å²) in [6, 6.07) is 0. The molecule has 1 nitrogen and oxygen atoms in total. The Morgan fingerprint density at radius 3 is 1.75 bits per heavy atom. The van der Waals surface area contributed by atoms with Gasteiger partial charge in [-0.2, -0.15) is 0 Å². The molecule has 9 atom stereocenters. The molecular formula is C9H8Br2O. The zero-order chi connectivity index (χ0) is 8.04. The normalized spacial score (nSPS) is 95.8. The minimum Gasteiger partial charge on any atom is -0.391 e. The van der Waals surface area contributed by atoms with Crippen LogP contribution in [0.15, 0.2) is 0 Å². The predicted molar refractivity (Wildman–Crippen MR) is 50.3 cm³/mol. The van der Waals surface area contributed by atoms with Crippen LogP contribution in [0.5, 0.6) is 0 Å². The van der Waals surface area contributed by atoms with Gasteiger partial charge in [0.05, 0.1) is 10.4 Å². The molecule has 0 aromatic carbocycles. The summed E-state index contributed by atoms with van der Waals surface area (Å²) in [6.07, 6.45) is -0.0214. The molecule has 6 aliphatic rings. The Bertz CT molecular complexity index is 315. The van der Waals surface area contributed by atoms with E-state index in [1.807, 2.05) is 0 Å². The molecule has 4 unspecified atom stereocenters. The molecule has 0 aliphatic heterocycles. The van der Waals surface area contributed by atoms with Crippen molar-refractivity contribution in [2.75, 3.05) is 0 Å². The van der Waals surface area contributed by atoms with Crippen molar-refractivity contribution < 1.29 is 5.11 Å². The van der Waals surface area contributed by atoms with Crippen LogP contribution in [-0.4, -0.2) is 19.9 Å². The molecular weight excluding hydrogens is 284 g/mol. The van der Waals surface area contributed by atoms with Gasteiger partial charge in [-0.1, -0.05) is 31.9 Å². The molecule has 6 fully saturated rings. The van der Waals surface area contributed by atoms with E-state index in [0.717, 1.165) is 29.6 Å². The zero-order valence-corrected chi connectivity index (χ0v) is 9.42. The molecule has 64 valence electrons. The van der Waals surface area contributed by atoms with E-state index in [4.69, 9.17) is 0 Å². The lowest BCUT2D eigenvalue weighted by Crippen LogP contribution is -2.93. The summed E-state index contributed by atoms with van der Waals surface area (Å²) in [6.45, 7) is 0. The first-order valence-corrected chi connectivity index (χ1v) is 6.29. The molecule has 3 heteroatoms. The highest BCUT2D eigenvalue weighted by Gasteiger charge is 3.04. The first-order valence-electron chi connectivity index (χ1n) is 4.70. The summed E-state index contributed by atoms with van der Waals surface area (Å²) in [5, 5.41) is 10.0. The average molecular weight is 292 g/mol. The monoisotopic (exact) mass is 290 g/mol. The Labute approximate surface area is 87.2 Å². The first-order chi connectivity index (χ1) is 5.64. The maximum absolute atomic E-state index is 10.0. The third-order valence-electron chi connectivity index (χ3n) is 5.75. The van der Waals surface area contributed by atoms with Gasteiger partial charge in [0.25, 0.3) is 0 Å². The second-order valence-corrected chi connectivity index (χ2v) is 8.05. The van der Waals surface area contributed by atoms with E-state index in [9.17, 15) is 5.11 Å². The quantitative estimate of drug-likeness (QED) is 0.669. The fourth-order valence-corrected chi connectivity index (χ4v) is 8.85. The topological polar surface area (TPSA) is 20.2 Å². The average Bonchev–Trinajstić information content (AvgIpc) is 2.21. The van der Waals surface area contributed by atoms with E-state index >= 15 is 0 Å². The second kappa shape index (κ2) is 1.24. The number of aliphatic hydroxyl groups excluding tert-OH is 1. The molecule has 0 spiro atoms. The van der Waals surface area contributed by atoms with Crippen LogP contribution in [-0.2, 0) is 0 Å². The van der Waals surface area contributed by atoms with Gasteiger partial charge < -0.3 is 5.11 Å². The minimum atomic E-state index is -0.0214. The maximum Gasteiger partial charge on any atom is 0.0733 e. The molecule has 0 amide bonds. The number of hydrogen-bond donors (Lipinski definition) is 1. The van der Waals surface area contributed by atoms with E-state index in [1.165, 1.54) is 0 Å². The molecule has 0 aromatic rings. The highest BCUT2D eigenvalue weighted by atomic mass is 79.9. The van der Waals surface area contributed by atoms with E-state index < -0.39 is 0 Å². The lowest BCUT2D eigenvalue weighted by Gasteiger charge is -2.90. The summed E-state index contributed by atoms with van der Waals surface area (Å²) in [4.78, 5) is 0. The summed E-state index contributed by atoms with van der Waals surface area (Å²) < 4.78 is 0.717. The van der Waals surface area contributed by atoms with Gasteiger partial charge in [0.1, 0.15) is 0 Å². The maximum atomic E-state index is 10.0. The van der Waals surface area contributed by atoms with Gasteiger partial charge in [0.2, 0.25) is 0 Å². The van der Waals surface area contributed by atoms with Crippen molar-refractivity contribution in [3.05, 3.63) is 0 Å². The number of hydrogen-bond acceptors (Lipinski definition) is 1. The molecule has 0 heterocycles. The lowest BCUT2D eigenvalue weighted by atomic mass is 9.20. The Morgan fingerprint density at radius 1 is 0.833 bits per heavy atom. The van der Waals surface area contributed by atoms with Crippen molar-refractivity contribution in [1.29, 1.82) is 0 Å². The number of alkyl halides is 2. The fraction of sp³-hybridized carbons (Fsp3) is 1.00. The van der Waals surface area contributed by atoms with Crippen LogP contribution in [0, 0.1) is 35.5 Å². The number of rotatable bonds is 0. The van der Waals surface area contributed by atoms with E-state index in [-0.39, 0.29) is 10.4 Å². The molecule has 0 radical (unpaired) electrons. The molecule has 1 N–H and O–H groups in total. The van der Waals surface area contributed by atoms with Gasteiger partial charge in [0, 0.05) is 4.32 Å². The van der Waals surface area contributed by atoms with Gasteiger partial charge in [-0.3, -0.25) is 0 Å². The standard InChI is InChI=1S/C9H8Br2O/c10-8-2-1-3(8)5-6(8)4(2)9(5,11)7(1)12/h1-7,12H/t1?,2-,3+,4-,5+,6?,7-,8?,9?/m1/s1. The predicted octanol–water partition coefficient (Wildman–Crippen LogP) is 1.38. The zero-order valence-electron chi connectivity index (χ0n) is 6.24. The van der Waals surface area contributed by atoms with Crippen molar-refractivity contribution in [1.82, 2.24) is 0 Å². The molecule has 6 rings (SSSR count). The van der Waals surface area contributed by atoms with Crippen molar-refractivity contribution in [3.63, 3.8) is 0 Å². The smallest absolute Gasteiger partial charge is 0.0733 e. The van der Waals surface area contributed by atoms with Crippen molar-refractivity contribution in [2.24, 2.45) is 35.5 Å². The van der Waals surface area contributed by atoms with Gasteiger partial charge in [-0.05, 0) is 35.5 Å². The van der Waals surface area contributed by atoms with Gasteiger partial charge >= 0.3 is 0 Å². The molecule has 0 aromatic heterocycles. The summed E-state index contributed by atoms with van der Waals surface area (Å²) in [7, 11) is 0. The highest BCUT2D eigenvalue weighted by molar-refractivity contribution is 9.10. The van der Waals surface area contributed by atoms with Gasteiger partial charge in [-0.15, -0.1) is 0 Å². The molecule has 6 saturated carbocycles.